The van der Waals surface area contributed by atoms with Crippen LogP contribution in [0.3, 0.4) is 0 Å². The van der Waals surface area contributed by atoms with Crippen molar-refractivity contribution in [2.75, 3.05) is 54.0 Å². The first-order valence-electron chi connectivity index (χ1n) is 22.3. The minimum absolute atomic E-state index is 0.583. The van der Waals surface area contributed by atoms with Crippen LogP contribution in [0.1, 0.15) is 164 Å². The van der Waals surface area contributed by atoms with Crippen LogP contribution in [0.2, 0.25) is 0 Å². The number of aliphatic imine (C=N–C) groups is 2. The lowest BCUT2D eigenvalue weighted by molar-refractivity contribution is -0.134. The Bertz CT molecular complexity index is 1250. The number of aliphatic carboxylic acids is 1. The van der Waals surface area contributed by atoms with Crippen molar-refractivity contribution in [1.82, 2.24) is 0 Å². The zero-order valence-corrected chi connectivity index (χ0v) is 51.7. The molecule has 0 saturated carbocycles. The smallest absolute Gasteiger partial charge is 0.300 e. The summed E-state index contributed by atoms with van der Waals surface area (Å²) in [6.07, 6.45) is 39.3. The number of carbonyl (C=O) groups is 2. The Hall–Kier alpha value is -4.02. The lowest BCUT2D eigenvalue weighted by Crippen LogP contribution is -1.88. The predicted molar refractivity (Wildman–Crippen MR) is 321 cm³/mol. The van der Waals surface area contributed by atoms with Gasteiger partial charge in [-0.25, -0.2) is 14.8 Å². The van der Waals surface area contributed by atoms with Crippen molar-refractivity contribution in [3.05, 3.63) is 72.4 Å². The van der Waals surface area contributed by atoms with Crippen molar-refractivity contribution in [2.45, 2.75) is 176 Å². The highest BCUT2D eigenvalue weighted by atomic mass is 32.2. The average Bonchev–Trinajstić information content (AvgIpc) is 4.29. The lowest BCUT2D eigenvalue weighted by atomic mass is 10.3. The van der Waals surface area contributed by atoms with Gasteiger partial charge in [0.05, 0.1) is 36.8 Å². The van der Waals surface area contributed by atoms with E-state index in [0.29, 0.717) is 18.5 Å². The molecule has 2 unspecified atom stereocenters. The number of unbranched alkanes of at least 4 members (excludes halogenated alkanes) is 1. The molecule has 2 aliphatic heterocycles. The van der Waals surface area contributed by atoms with Gasteiger partial charge in [-0.05, 0) is 142 Å². The molecule has 70 heavy (non-hydrogen) atoms. The molecule has 13 nitrogen and oxygen atoms in total. The molecule has 2 aliphatic rings. The molecule has 0 aliphatic carbocycles. The van der Waals surface area contributed by atoms with E-state index in [4.69, 9.17) is 45.0 Å². The van der Waals surface area contributed by atoms with Crippen molar-refractivity contribution < 1.29 is 47.0 Å². The molecule has 5 N–H and O–H groups in total. The van der Waals surface area contributed by atoms with Crippen molar-refractivity contribution >= 4 is 58.5 Å². The van der Waals surface area contributed by atoms with E-state index in [9.17, 15) is 8.42 Å². The SMILES string of the molecule is C#CC.C#CCC.C=C(C)C.CC(=O)O.CC1CO1.CC=C(C)C.CC=CC.CC=CC.CC=CCC.CC=CCCC.CC=O.CCC1CO1.CN.CN=C=O.CN=C=S.CO.CS.CS(=O)(=O)O. The first kappa shape index (κ1) is 112. The number of nitrogens with zero attached hydrogens (tertiary/aromatic N) is 2. The molecule has 2 atom stereocenters. The molecule has 0 amide bonds. The van der Waals surface area contributed by atoms with Crippen LogP contribution in [0.25, 0.3) is 0 Å². The number of hydrogen-bond acceptors (Lipinski definition) is 13. The fraction of sp³-hybridized carbons (Fsp3) is 0.630. The third-order valence-corrected chi connectivity index (χ3v) is 4.33. The van der Waals surface area contributed by atoms with E-state index in [1.165, 1.54) is 57.5 Å². The van der Waals surface area contributed by atoms with Gasteiger partial charge in [-0.1, -0.05) is 99.9 Å². The standard InChI is InChI=1S/C6H12.2C5H10.C4H8O.3C4H8.C4H6.C3H6O.C3H4.C2H3NO.C2H3NS.C2H4O2.C2H4O.CH5N.CH4O3S.CH4O.CH4S/c1-3-5-6-4-2;1-4-5(2)3;1-3-5-4-2;1-2-4-3-5-4;1-4(2)3;3*1-3-4-2;1-3-2-4-3;1-3-2;2*1-3-2-4;1-2(3)4;1-2-3;1-2;1-5(2,3)4;2*1-2/h3,5H,4,6H2,1-2H3;4H,1-3H3;3,5H,4H2,1-2H3;4H,2-3H2,1H3;1H2,2-3H3;2*3-4H,1-2H3;1H,4H2,2H3;3H,2H2,1H3;1H,2H3;2*1H3;1H3,(H,3,4);2H,1H3;2H2,1H3;1H3,(H,2,3,4);2*2H,1H3. The number of nitrogens with two attached hydrogens (primary N) is 1. The molecule has 0 aromatic heterocycles. The molecule has 0 aromatic carbocycles. The molecule has 2 heterocycles. The molecule has 0 bridgehead atoms. The molecule has 2 fully saturated rings. The van der Waals surface area contributed by atoms with Gasteiger partial charge in [0.15, 0.2) is 0 Å². The Balaban J connectivity index is -0.0000000317. The normalized spacial score (nSPS) is 10.8. The van der Waals surface area contributed by atoms with Crippen LogP contribution in [0.4, 0.5) is 0 Å². The van der Waals surface area contributed by atoms with Crippen LogP contribution in [0.15, 0.2) is 82.4 Å². The minimum atomic E-state index is -3.67. The second-order valence-corrected chi connectivity index (χ2v) is 13.4. The molecule has 420 valence electrons. The number of hydrogen-bond donors (Lipinski definition) is 5. The van der Waals surface area contributed by atoms with E-state index in [2.05, 4.69) is 149 Å². The fourth-order valence-electron chi connectivity index (χ4n) is 0.969. The highest BCUT2D eigenvalue weighted by Crippen LogP contribution is 2.10. The fourth-order valence-corrected chi connectivity index (χ4v) is 0.969. The number of aliphatic hydroxyl groups is 1. The van der Waals surface area contributed by atoms with Gasteiger partial charge in [0.25, 0.3) is 16.1 Å². The van der Waals surface area contributed by atoms with Crippen LogP contribution in [-0.2, 0) is 34.0 Å². The maximum Gasteiger partial charge on any atom is 0.300 e. The summed E-state index contributed by atoms with van der Waals surface area (Å²) in [6, 6.07) is 0. The Kier molecular flexibility index (Phi) is 240. The number of isothiocyanates is 1. The lowest BCUT2D eigenvalue weighted by Gasteiger charge is -1.76. The molecular weight excluding hydrogens is 947 g/mol. The zero-order chi connectivity index (χ0) is 60.1. The summed E-state index contributed by atoms with van der Waals surface area (Å²) in [5, 5.41) is 16.6. The molecule has 0 aromatic rings. The van der Waals surface area contributed by atoms with Crippen molar-refractivity contribution in [3.63, 3.8) is 0 Å². The van der Waals surface area contributed by atoms with E-state index in [-0.39, 0.29) is 0 Å². The number of carboxylic acid groups (broad SMARTS) is 1. The van der Waals surface area contributed by atoms with Crippen LogP contribution < -0.4 is 5.73 Å². The van der Waals surface area contributed by atoms with Gasteiger partial charge >= 0.3 is 0 Å². The van der Waals surface area contributed by atoms with Crippen LogP contribution in [0.5, 0.6) is 0 Å². The third kappa shape index (κ3) is 994. The average molecular weight is 1060 g/mol. The number of carbonyl (C=O) groups excluding carboxylic acids is 2. The first-order valence-corrected chi connectivity index (χ1v) is 25.5. The summed E-state index contributed by atoms with van der Waals surface area (Å²) in [5.74, 6) is 3.85. The number of ether oxygens (including phenoxy) is 2. The second kappa shape index (κ2) is 151. The van der Waals surface area contributed by atoms with E-state index in [0.717, 1.165) is 46.4 Å². The highest BCUT2D eigenvalue weighted by Gasteiger charge is 2.18. The highest BCUT2D eigenvalue weighted by molar-refractivity contribution is 7.85. The van der Waals surface area contributed by atoms with Gasteiger partial charge in [-0.2, -0.15) is 21.0 Å². The maximum absolute atomic E-state index is 9.19. The Morgan fingerprint density at radius 3 is 1.06 bits per heavy atom. The third-order valence-electron chi connectivity index (χ3n) is 4.15. The molecular formula is C54H111N3O10S3. The maximum atomic E-state index is 9.19. The number of aliphatic hydroxyl groups excluding tert-OH is 1. The summed E-state index contributed by atoms with van der Waals surface area (Å²) in [6.45, 7) is 42.4. The molecule has 0 radical (unpaired) electrons. The molecule has 0 spiro atoms. The van der Waals surface area contributed by atoms with Gasteiger partial charge in [0.2, 0.25) is 6.08 Å². The summed E-state index contributed by atoms with van der Waals surface area (Å²) < 4.78 is 35.4. The Labute approximate surface area is 446 Å². The minimum Gasteiger partial charge on any atom is -0.481 e. The van der Waals surface area contributed by atoms with Crippen LogP contribution in [-0.4, -0.2) is 113 Å². The predicted octanol–water partition coefficient (Wildman–Crippen LogP) is 14.1. The Morgan fingerprint density at radius 1 is 0.829 bits per heavy atom. The number of thiocarbonyl (C=S) groups is 1. The number of thiol groups is 1. The second-order valence-electron chi connectivity index (χ2n) is 11.7. The monoisotopic (exact) mass is 1060 g/mol. The number of allylic oxidation sites excluding steroid dienone is 11. The number of rotatable bonds is 4. The number of terminal acetylenes is 2. The number of isocyanates is 1. The quantitative estimate of drug-likeness (QED) is 0.0204. The van der Waals surface area contributed by atoms with E-state index >= 15 is 0 Å². The summed E-state index contributed by atoms with van der Waals surface area (Å²) in [4.78, 5) is 32.9. The van der Waals surface area contributed by atoms with Crippen molar-refractivity contribution in [1.29, 1.82) is 0 Å². The van der Waals surface area contributed by atoms with Gasteiger partial charge in [-0.3, -0.25) is 9.35 Å². The Morgan fingerprint density at radius 2 is 1.04 bits per heavy atom. The van der Waals surface area contributed by atoms with Gasteiger partial charge in [-0.15, -0.1) is 31.3 Å². The summed E-state index contributed by atoms with van der Waals surface area (Å²) in [7, 11) is 1.81. The topological polar surface area (TPSA) is 222 Å². The van der Waals surface area contributed by atoms with Crippen LogP contribution in [0, 0.1) is 24.7 Å². The van der Waals surface area contributed by atoms with Crippen molar-refractivity contribution in [3.8, 4) is 24.7 Å². The van der Waals surface area contributed by atoms with E-state index in [1.807, 2.05) is 86.6 Å². The number of carboxylic acids is 1. The van der Waals surface area contributed by atoms with E-state index < -0.39 is 16.1 Å². The van der Waals surface area contributed by atoms with Crippen LogP contribution >= 0.6 is 24.8 Å². The zero-order valence-electron chi connectivity index (χ0n) is 49.2. The molecule has 2 saturated heterocycles. The van der Waals surface area contributed by atoms with Gasteiger partial charge < -0.3 is 30.2 Å². The van der Waals surface area contributed by atoms with Gasteiger partial charge in [0.1, 0.15) is 6.29 Å². The largest absolute Gasteiger partial charge is 0.481 e. The van der Waals surface area contributed by atoms with Crippen molar-refractivity contribution in [2.24, 2.45) is 15.7 Å². The summed E-state index contributed by atoms with van der Waals surface area (Å²) >= 11 is 7.66. The summed E-state index contributed by atoms with van der Waals surface area (Å²) in [5.41, 5.74) is 7.05. The van der Waals surface area contributed by atoms with Gasteiger partial charge in [0, 0.05) is 34.5 Å². The molecule has 16 heteroatoms. The number of aldehydes is 1. The molecule has 2 rings (SSSR count). The first-order chi connectivity index (χ1) is 32.8. The number of epoxide rings is 2. The van der Waals surface area contributed by atoms with E-state index in [1.54, 1.807) is 20.2 Å².